The molecule has 0 spiro atoms. The lowest BCUT2D eigenvalue weighted by atomic mass is 9.90. The normalized spacial score (nSPS) is 15.3. The molecule has 0 amide bonds. The third-order valence-electron chi connectivity index (χ3n) is 4.81. The van der Waals surface area contributed by atoms with E-state index in [1.54, 1.807) is 17.5 Å². The zero-order valence-electron chi connectivity index (χ0n) is 15.9. The van der Waals surface area contributed by atoms with E-state index in [9.17, 15) is 0 Å². The summed E-state index contributed by atoms with van der Waals surface area (Å²) in [5, 5.41) is 0.986. The van der Waals surface area contributed by atoms with Gasteiger partial charge in [-0.2, -0.15) is 0 Å². The van der Waals surface area contributed by atoms with E-state index in [2.05, 4.69) is 47.2 Å². The Morgan fingerprint density at radius 1 is 1.15 bits per heavy atom. The van der Waals surface area contributed by atoms with E-state index in [0.29, 0.717) is 0 Å². The molecule has 3 aromatic rings. The third kappa shape index (κ3) is 4.15. The van der Waals surface area contributed by atoms with Crippen LogP contribution < -0.4 is 0 Å². The van der Waals surface area contributed by atoms with Gasteiger partial charge in [0.25, 0.3) is 0 Å². The number of rotatable bonds is 5. The fraction of sp³-hybridized carbons (Fsp3) is 0.318. The Hall–Kier alpha value is -2.37. The van der Waals surface area contributed by atoms with Crippen LogP contribution in [0.25, 0.3) is 26.7 Å². The minimum Gasteiger partial charge on any atom is -0.309 e. The zero-order chi connectivity index (χ0) is 18.6. The van der Waals surface area contributed by atoms with Crippen LogP contribution >= 0.6 is 11.3 Å². The van der Waals surface area contributed by atoms with Crippen LogP contribution in [-0.4, -0.2) is 40.5 Å². The second kappa shape index (κ2) is 8.11. The Morgan fingerprint density at radius 3 is 2.89 bits per heavy atom. The largest absolute Gasteiger partial charge is 0.309 e. The SMILES string of the molecule is CN(C)CCC=C1CCCc2ccc(-c3cnc(-c4cccnc4)s3)nc21. The van der Waals surface area contributed by atoms with Gasteiger partial charge in [-0.25, -0.2) is 9.97 Å². The molecule has 4 rings (SSSR count). The summed E-state index contributed by atoms with van der Waals surface area (Å²) >= 11 is 1.67. The van der Waals surface area contributed by atoms with E-state index < -0.39 is 0 Å². The van der Waals surface area contributed by atoms with Gasteiger partial charge in [-0.15, -0.1) is 11.3 Å². The average molecular weight is 377 g/mol. The number of fused-ring (bicyclic) bond motifs is 1. The van der Waals surface area contributed by atoms with Crippen molar-refractivity contribution in [3.05, 3.63) is 60.2 Å². The molecule has 4 nitrogen and oxygen atoms in total. The maximum absolute atomic E-state index is 5.04. The van der Waals surface area contributed by atoms with Crippen molar-refractivity contribution >= 4 is 16.9 Å². The van der Waals surface area contributed by atoms with Crippen molar-refractivity contribution in [2.75, 3.05) is 20.6 Å². The molecule has 3 aromatic heterocycles. The molecule has 0 aromatic carbocycles. The molecule has 1 aliphatic rings. The van der Waals surface area contributed by atoms with Gasteiger partial charge in [-0.05, 0) is 69.1 Å². The highest BCUT2D eigenvalue weighted by Crippen LogP contribution is 2.35. The molecule has 0 aliphatic heterocycles. The molecule has 5 heteroatoms. The highest BCUT2D eigenvalue weighted by Gasteiger charge is 2.17. The van der Waals surface area contributed by atoms with E-state index in [1.807, 2.05) is 24.5 Å². The van der Waals surface area contributed by atoms with Crippen molar-refractivity contribution in [1.29, 1.82) is 0 Å². The molecule has 0 unspecified atom stereocenters. The molecule has 1 aliphatic carbocycles. The number of aryl methyl sites for hydroxylation is 1. The Kier molecular flexibility index (Phi) is 5.41. The molecule has 27 heavy (non-hydrogen) atoms. The van der Waals surface area contributed by atoms with E-state index in [1.165, 1.54) is 23.3 Å². The first kappa shape index (κ1) is 18.0. The smallest absolute Gasteiger partial charge is 0.125 e. The highest BCUT2D eigenvalue weighted by molar-refractivity contribution is 7.18. The first-order valence-corrected chi connectivity index (χ1v) is 10.2. The van der Waals surface area contributed by atoms with Crippen LogP contribution in [0.3, 0.4) is 0 Å². The Balaban J connectivity index is 1.63. The second-order valence-electron chi connectivity index (χ2n) is 7.15. The van der Waals surface area contributed by atoms with Crippen molar-refractivity contribution in [3.63, 3.8) is 0 Å². The predicted molar refractivity (Wildman–Crippen MR) is 113 cm³/mol. The van der Waals surface area contributed by atoms with Gasteiger partial charge in [0.2, 0.25) is 0 Å². The van der Waals surface area contributed by atoms with Crippen LogP contribution in [0.5, 0.6) is 0 Å². The Bertz CT molecular complexity index is 944. The zero-order valence-corrected chi connectivity index (χ0v) is 16.7. The number of thiazole rings is 1. The van der Waals surface area contributed by atoms with Crippen LogP contribution in [0, 0.1) is 0 Å². The van der Waals surface area contributed by atoms with Crippen LogP contribution in [0.1, 0.15) is 30.5 Å². The lowest BCUT2D eigenvalue weighted by molar-refractivity contribution is 0.417. The summed E-state index contributed by atoms with van der Waals surface area (Å²) in [5.41, 5.74) is 6.03. The van der Waals surface area contributed by atoms with Gasteiger partial charge in [-0.1, -0.05) is 12.1 Å². The maximum Gasteiger partial charge on any atom is 0.125 e. The minimum atomic E-state index is 0.986. The van der Waals surface area contributed by atoms with Crippen molar-refractivity contribution in [3.8, 4) is 21.1 Å². The van der Waals surface area contributed by atoms with Crippen LogP contribution in [0.2, 0.25) is 0 Å². The topological polar surface area (TPSA) is 41.9 Å². The van der Waals surface area contributed by atoms with Crippen LogP contribution in [0.4, 0.5) is 0 Å². The summed E-state index contributed by atoms with van der Waals surface area (Å²) in [7, 11) is 4.24. The van der Waals surface area contributed by atoms with Crippen LogP contribution in [0.15, 0.2) is 48.9 Å². The molecule has 0 fully saturated rings. The van der Waals surface area contributed by atoms with Crippen molar-refractivity contribution < 1.29 is 0 Å². The summed E-state index contributed by atoms with van der Waals surface area (Å²) in [6.07, 6.45) is 12.5. The standard InChI is InChI=1S/C22H24N4S/c1-26(2)13-5-9-16-6-3-7-17-10-11-19(25-21(16)17)20-15-24-22(27-20)18-8-4-12-23-14-18/h4,8-12,14-15H,3,5-7,13H2,1-2H3. The highest BCUT2D eigenvalue weighted by atomic mass is 32.1. The Morgan fingerprint density at radius 2 is 2.07 bits per heavy atom. The first-order chi connectivity index (χ1) is 13.2. The van der Waals surface area contributed by atoms with Gasteiger partial charge in [0.1, 0.15) is 5.01 Å². The fourth-order valence-corrected chi connectivity index (χ4v) is 4.28. The summed E-state index contributed by atoms with van der Waals surface area (Å²) in [4.78, 5) is 17.1. The lowest BCUT2D eigenvalue weighted by Gasteiger charge is -2.19. The predicted octanol–water partition coefficient (Wildman–Crippen LogP) is 4.94. The third-order valence-corrected chi connectivity index (χ3v) is 5.88. The molecular formula is C22H24N4S. The number of hydrogen-bond acceptors (Lipinski definition) is 5. The molecule has 0 atom stereocenters. The van der Waals surface area contributed by atoms with Gasteiger partial charge in [0.15, 0.2) is 0 Å². The number of nitrogens with zero attached hydrogens (tertiary/aromatic N) is 4. The number of allylic oxidation sites excluding steroid dienone is 1. The van der Waals surface area contributed by atoms with Gasteiger partial charge in [0.05, 0.1) is 16.3 Å². The number of pyridine rings is 2. The molecule has 0 saturated heterocycles. The van der Waals surface area contributed by atoms with Crippen molar-refractivity contribution in [2.24, 2.45) is 0 Å². The van der Waals surface area contributed by atoms with Crippen molar-refractivity contribution in [2.45, 2.75) is 25.7 Å². The van der Waals surface area contributed by atoms with Gasteiger partial charge < -0.3 is 4.90 Å². The second-order valence-corrected chi connectivity index (χ2v) is 8.18. The number of hydrogen-bond donors (Lipinski definition) is 0. The Labute approximate surface area is 164 Å². The molecule has 0 saturated carbocycles. The van der Waals surface area contributed by atoms with E-state index in [0.717, 1.165) is 46.9 Å². The molecule has 138 valence electrons. The summed E-state index contributed by atoms with van der Waals surface area (Å²) < 4.78 is 0. The number of aromatic nitrogens is 3. The average Bonchev–Trinajstić information content (AvgIpc) is 3.18. The van der Waals surface area contributed by atoms with E-state index in [-0.39, 0.29) is 0 Å². The molecule has 0 radical (unpaired) electrons. The van der Waals surface area contributed by atoms with Gasteiger partial charge in [-0.3, -0.25) is 4.98 Å². The molecule has 3 heterocycles. The van der Waals surface area contributed by atoms with Crippen LogP contribution in [-0.2, 0) is 6.42 Å². The lowest BCUT2D eigenvalue weighted by Crippen LogP contribution is -2.12. The first-order valence-electron chi connectivity index (χ1n) is 9.41. The van der Waals surface area contributed by atoms with E-state index in [4.69, 9.17) is 4.98 Å². The van der Waals surface area contributed by atoms with Gasteiger partial charge >= 0.3 is 0 Å². The summed E-state index contributed by atoms with van der Waals surface area (Å²) in [5.74, 6) is 0. The van der Waals surface area contributed by atoms with E-state index >= 15 is 0 Å². The molecule has 0 N–H and O–H groups in total. The monoisotopic (exact) mass is 376 g/mol. The minimum absolute atomic E-state index is 0.986. The van der Waals surface area contributed by atoms with Crippen molar-refractivity contribution in [1.82, 2.24) is 19.9 Å². The molecular weight excluding hydrogens is 352 g/mol. The fourth-order valence-electron chi connectivity index (χ4n) is 3.40. The van der Waals surface area contributed by atoms with Gasteiger partial charge in [0, 0.05) is 30.7 Å². The quantitative estimate of drug-likeness (QED) is 0.632. The summed E-state index contributed by atoms with van der Waals surface area (Å²) in [6.45, 7) is 1.07. The summed E-state index contributed by atoms with van der Waals surface area (Å²) in [6, 6.07) is 8.38. The molecule has 0 bridgehead atoms. The maximum atomic E-state index is 5.04.